The van der Waals surface area contributed by atoms with E-state index in [4.69, 9.17) is 4.74 Å². The van der Waals surface area contributed by atoms with Crippen LogP contribution in [0.25, 0.3) is 0 Å². The van der Waals surface area contributed by atoms with Crippen molar-refractivity contribution in [3.05, 3.63) is 95.3 Å². The highest BCUT2D eigenvalue weighted by Crippen LogP contribution is 2.33. The van der Waals surface area contributed by atoms with Gasteiger partial charge in [0.1, 0.15) is 11.6 Å². The SMILES string of the molecule is COc1cccc(N(Cc2ccccc2C2CCN(Cc3ccc(F)cc3)CC2)S(C)(=O)=O)c1. The zero-order chi connectivity index (χ0) is 24.1. The molecular weight excluding hydrogens is 451 g/mol. The Morgan fingerprint density at radius 1 is 1.00 bits per heavy atom. The Labute approximate surface area is 201 Å². The Bertz CT molecular complexity index is 1210. The van der Waals surface area contributed by atoms with Crippen LogP contribution in [0.5, 0.6) is 5.75 Å². The number of sulfonamides is 1. The zero-order valence-electron chi connectivity index (χ0n) is 19.7. The molecular formula is C27H31FN2O3S. The average Bonchev–Trinajstić information content (AvgIpc) is 2.84. The lowest BCUT2D eigenvalue weighted by Crippen LogP contribution is -2.33. The van der Waals surface area contributed by atoms with E-state index in [1.807, 2.05) is 30.3 Å². The fraction of sp³-hybridized carbons (Fsp3) is 0.333. The summed E-state index contributed by atoms with van der Waals surface area (Å²) in [6.45, 7) is 2.98. The van der Waals surface area contributed by atoms with Crippen LogP contribution >= 0.6 is 0 Å². The van der Waals surface area contributed by atoms with Crippen molar-refractivity contribution in [1.82, 2.24) is 4.90 Å². The van der Waals surface area contributed by atoms with Gasteiger partial charge in [-0.05, 0) is 72.8 Å². The highest BCUT2D eigenvalue weighted by Gasteiger charge is 2.25. The Hall–Kier alpha value is -2.90. The number of hydrogen-bond acceptors (Lipinski definition) is 4. The molecule has 0 spiro atoms. The highest BCUT2D eigenvalue weighted by molar-refractivity contribution is 7.92. The number of ether oxygens (including phenoxy) is 1. The number of methoxy groups -OCH3 is 1. The first-order valence-corrected chi connectivity index (χ1v) is 13.3. The van der Waals surface area contributed by atoms with Crippen molar-refractivity contribution >= 4 is 15.7 Å². The van der Waals surface area contributed by atoms with Crippen molar-refractivity contribution in [1.29, 1.82) is 0 Å². The van der Waals surface area contributed by atoms with Crippen LogP contribution in [-0.4, -0.2) is 39.8 Å². The van der Waals surface area contributed by atoms with Crippen molar-refractivity contribution in [3.63, 3.8) is 0 Å². The quantitative estimate of drug-likeness (QED) is 0.444. The van der Waals surface area contributed by atoms with Crippen molar-refractivity contribution in [2.24, 2.45) is 0 Å². The first kappa shape index (κ1) is 24.2. The predicted octanol–water partition coefficient (Wildman–Crippen LogP) is 5.18. The molecule has 1 aliphatic heterocycles. The van der Waals surface area contributed by atoms with Gasteiger partial charge < -0.3 is 4.74 Å². The molecule has 180 valence electrons. The van der Waals surface area contributed by atoms with E-state index in [1.54, 1.807) is 31.4 Å². The molecule has 0 amide bonds. The van der Waals surface area contributed by atoms with Crippen LogP contribution in [0.1, 0.15) is 35.4 Å². The van der Waals surface area contributed by atoms with Gasteiger partial charge in [-0.1, -0.05) is 42.5 Å². The summed E-state index contributed by atoms with van der Waals surface area (Å²) in [6, 6.07) is 22.0. The largest absolute Gasteiger partial charge is 0.497 e. The monoisotopic (exact) mass is 482 g/mol. The smallest absolute Gasteiger partial charge is 0.232 e. The van der Waals surface area contributed by atoms with Gasteiger partial charge in [0.2, 0.25) is 10.0 Å². The summed E-state index contributed by atoms with van der Waals surface area (Å²) in [5, 5.41) is 0. The fourth-order valence-electron chi connectivity index (χ4n) is 4.65. The minimum absolute atomic E-state index is 0.212. The zero-order valence-corrected chi connectivity index (χ0v) is 20.5. The minimum Gasteiger partial charge on any atom is -0.497 e. The van der Waals surface area contributed by atoms with Gasteiger partial charge in [-0.15, -0.1) is 0 Å². The molecule has 1 saturated heterocycles. The van der Waals surface area contributed by atoms with Crippen LogP contribution in [0.3, 0.4) is 0 Å². The molecule has 0 bridgehead atoms. The van der Waals surface area contributed by atoms with E-state index in [0.29, 0.717) is 17.4 Å². The van der Waals surface area contributed by atoms with Gasteiger partial charge in [-0.3, -0.25) is 9.21 Å². The number of hydrogen-bond donors (Lipinski definition) is 0. The van der Waals surface area contributed by atoms with Crippen LogP contribution in [0.15, 0.2) is 72.8 Å². The first-order valence-electron chi connectivity index (χ1n) is 11.5. The molecule has 1 heterocycles. The second kappa shape index (κ2) is 10.6. The van der Waals surface area contributed by atoms with Gasteiger partial charge in [0.15, 0.2) is 0 Å². The fourth-order valence-corrected chi connectivity index (χ4v) is 5.52. The maximum atomic E-state index is 13.2. The molecule has 0 aromatic heterocycles. The Morgan fingerprint density at radius 2 is 1.71 bits per heavy atom. The summed E-state index contributed by atoms with van der Waals surface area (Å²) in [5.41, 5.74) is 3.93. The summed E-state index contributed by atoms with van der Waals surface area (Å²) in [6.07, 6.45) is 3.23. The Kier molecular flexibility index (Phi) is 7.54. The summed E-state index contributed by atoms with van der Waals surface area (Å²) in [5.74, 6) is 0.775. The van der Waals surface area contributed by atoms with Crippen molar-refractivity contribution in [2.45, 2.75) is 31.8 Å². The predicted molar refractivity (Wildman–Crippen MR) is 134 cm³/mol. The number of anilines is 1. The van der Waals surface area contributed by atoms with Crippen LogP contribution in [0.2, 0.25) is 0 Å². The van der Waals surface area contributed by atoms with Crippen molar-refractivity contribution < 1.29 is 17.5 Å². The number of likely N-dealkylation sites (tertiary alicyclic amines) is 1. The van der Waals surface area contributed by atoms with Gasteiger partial charge in [0, 0.05) is 12.6 Å². The summed E-state index contributed by atoms with van der Waals surface area (Å²) in [4.78, 5) is 2.39. The van der Waals surface area contributed by atoms with Gasteiger partial charge in [-0.2, -0.15) is 0 Å². The molecule has 0 aliphatic carbocycles. The van der Waals surface area contributed by atoms with E-state index in [-0.39, 0.29) is 12.4 Å². The lowest BCUT2D eigenvalue weighted by Gasteiger charge is -2.33. The Morgan fingerprint density at radius 3 is 2.38 bits per heavy atom. The molecule has 0 saturated carbocycles. The summed E-state index contributed by atoms with van der Waals surface area (Å²) >= 11 is 0. The van der Waals surface area contributed by atoms with Gasteiger partial charge in [0.25, 0.3) is 0 Å². The number of halogens is 1. The molecule has 3 aromatic carbocycles. The third-order valence-electron chi connectivity index (χ3n) is 6.46. The second-order valence-corrected chi connectivity index (χ2v) is 10.8. The van der Waals surface area contributed by atoms with E-state index < -0.39 is 10.0 Å². The molecule has 34 heavy (non-hydrogen) atoms. The number of nitrogens with zero attached hydrogens (tertiary/aromatic N) is 2. The maximum absolute atomic E-state index is 13.2. The summed E-state index contributed by atoms with van der Waals surface area (Å²) in [7, 11) is -1.92. The minimum atomic E-state index is -3.49. The third kappa shape index (κ3) is 5.96. The molecule has 4 rings (SSSR count). The molecule has 3 aromatic rings. The molecule has 1 fully saturated rings. The van der Waals surface area contributed by atoms with Crippen molar-refractivity contribution in [2.75, 3.05) is 30.8 Å². The normalized spacial score (nSPS) is 15.3. The first-order chi connectivity index (χ1) is 16.3. The van der Waals surface area contributed by atoms with Crippen LogP contribution < -0.4 is 9.04 Å². The second-order valence-electron chi connectivity index (χ2n) is 8.85. The lowest BCUT2D eigenvalue weighted by atomic mass is 9.86. The molecule has 0 unspecified atom stereocenters. The molecule has 7 heteroatoms. The topological polar surface area (TPSA) is 49.9 Å². The number of piperidine rings is 1. The van der Waals surface area contributed by atoms with E-state index in [2.05, 4.69) is 11.0 Å². The van der Waals surface area contributed by atoms with Gasteiger partial charge >= 0.3 is 0 Å². The Balaban J connectivity index is 1.49. The molecule has 0 radical (unpaired) electrons. The van der Waals surface area contributed by atoms with Crippen LogP contribution in [0.4, 0.5) is 10.1 Å². The number of rotatable bonds is 8. The molecule has 0 atom stereocenters. The van der Waals surface area contributed by atoms with E-state index in [0.717, 1.165) is 43.6 Å². The van der Waals surface area contributed by atoms with Crippen LogP contribution in [-0.2, 0) is 23.1 Å². The van der Waals surface area contributed by atoms with E-state index in [1.165, 1.54) is 28.3 Å². The molecule has 5 nitrogen and oxygen atoms in total. The van der Waals surface area contributed by atoms with Gasteiger partial charge in [0.05, 0.1) is 25.6 Å². The molecule has 0 N–H and O–H groups in total. The third-order valence-corrected chi connectivity index (χ3v) is 7.60. The standard InChI is InChI=1S/C27H31FN2O3S/c1-33-26-8-5-7-25(18-26)30(34(2,31)32)20-23-6-3-4-9-27(23)22-14-16-29(17-15-22)19-21-10-12-24(28)13-11-21/h3-13,18,22H,14-17,19-20H2,1-2H3. The van der Waals surface area contributed by atoms with E-state index in [9.17, 15) is 12.8 Å². The maximum Gasteiger partial charge on any atom is 0.232 e. The lowest BCUT2D eigenvalue weighted by molar-refractivity contribution is 0.204. The summed E-state index contributed by atoms with van der Waals surface area (Å²) < 4.78 is 45.4. The number of benzene rings is 3. The van der Waals surface area contributed by atoms with Crippen LogP contribution in [0, 0.1) is 5.82 Å². The van der Waals surface area contributed by atoms with Gasteiger partial charge in [-0.25, -0.2) is 12.8 Å². The molecule has 1 aliphatic rings. The van der Waals surface area contributed by atoms with E-state index >= 15 is 0 Å². The van der Waals surface area contributed by atoms with Crippen molar-refractivity contribution in [3.8, 4) is 5.75 Å². The highest BCUT2D eigenvalue weighted by atomic mass is 32.2. The average molecular weight is 483 g/mol.